The number of allylic oxidation sites excluding steroid dienone is 32. The lowest BCUT2D eigenvalue weighted by Gasteiger charge is -2.25. The first-order valence-corrected chi connectivity index (χ1v) is 38.6. The van der Waals surface area contributed by atoms with E-state index in [0.717, 1.165) is 154 Å². The Morgan fingerprint density at radius 2 is 0.557 bits per heavy atom. The number of hydrogen-bond acceptors (Lipinski definition) is 7. The van der Waals surface area contributed by atoms with Crippen molar-refractivity contribution in [2.75, 3.05) is 47.5 Å². The first kappa shape index (κ1) is 91.1. The highest BCUT2D eigenvalue weighted by Crippen LogP contribution is 2.16. The van der Waals surface area contributed by atoms with Gasteiger partial charge in [0.15, 0.2) is 6.10 Å². The molecule has 9 nitrogen and oxygen atoms in total. The number of carboxylic acids is 1. The number of quaternary nitrogens is 1. The predicted molar refractivity (Wildman–Crippen MR) is 419 cm³/mol. The summed E-state index contributed by atoms with van der Waals surface area (Å²) >= 11 is 0. The van der Waals surface area contributed by atoms with E-state index in [0.29, 0.717) is 17.4 Å². The van der Waals surface area contributed by atoms with Gasteiger partial charge < -0.3 is 28.5 Å². The number of carbonyl (C=O) groups is 3. The number of carbonyl (C=O) groups excluding carboxylic acids is 2. The van der Waals surface area contributed by atoms with Gasteiger partial charge in [-0.15, -0.1) is 0 Å². The molecule has 97 heavy (non-hydrogen) atoms. The second kappa shape index (κ2) is 75.9. The van der Waals surface area contributed by atoms with Gasteiger partial charge in [0.1, 0.15) is 13.2 Å². The van der Waals surface area contributed by atoms with Gasteiger partial charge in [-0.1, -0.05) is 324 Å². The Labute approximate surface area is 595 Å². The monoisotopic (exact) mass is 1340 g/mol. The summed E-state index contributed by atoms with van der Waals surface area (Å²) in [4.78, 5) is 37.7. The zero-order valence-corrected chi connectivity index (χ0v) is 62.4. The second-order valence-corrected chi connectivity index (χ2v) is 26.2. The molecule has 1 N–H and O–H groups in total. The molecular weight excluding hydrogens is 1200 g/mol. The van der Waals surface area contributed by atoms with Crippen molar-refractivity contribution in [1.82, 2.24) is 0 Å². The average molecular weight is 1340 g/mol. The van der Waals surface area contributed by atoms with Crippen LogP contribution in [0.4, 0.5) is 0 Å². The third-order valence-corrected chi connectivity index (χ3v) is 15.8. The molecule has 0 saturated carbocycles. The Balaban J connectivity index is 4.15. The van der Waals surface area contributed by atoms with Crippen molar-refractivity contribution in [1.29, 1.82) is 0 Å². The fourth-order valence-corrected chi connectivity index (χ4v) is 10.0. The van der Waals surface area contributed by atoms with Crippen molar-refractivity contribution in [3.05, 3.63) is 194 Å². The van der Waals surface area contributed by atoms with E-state index in [1.54, 1.807) is 0 Å². The van der Waals surface area contributed by atoms with Crippen LogP contribution in [-0.4, -0.2) is 87.4 Å². The van der Waals surface area contributed by atoms with Crippen LogP contribution in [0.1, 0.15) is 284 Å². The number of rotatable bonds is 69. The molecule has 546 valence electrons. The number of nitrogens with zero attached hydrogens (tertiary/aromatic N) is 1. The highest BCUT2D eigenvalue weighted by molar-refractivity contribution is 5.71. The van der Waals surface area contributed by atoms with Crippen molar-refractivity contribution in [3.8, 4) is 0 Å². The molecular formula is C88H142NO8+. The molecule has 2 unspecified atom stereocenters. The summed E-state index contributed by atoms with van der Waals surface area (Å²) in [5.74, 6) is -2.02. The zero-order valence-electron chi connectivity index (χ0n) is 62.4. The van der Waals surface area contributed by atoms with E-state index in [4.69, 9.17) is 18.9 Å². The van der Waals surface area contributed by atoms with Gasteiger partial charge in [-0.05, 0) is 141 Å². The van der Waals surface area contributed by atoms with E-state index in [-0.39, 0.29) is 38.6 Å². The maximum absolute atomic E-state index is 13.0. The second-order valence-electron chi connectivity index (χ2n) is 26.2. The molecule has 0 heterocycles. The fourth-order valence-electron chi connectivity index (χ4n) is 10.0. The molecule has 0 amide bonds. The van der Waals surface area contributed by atoms with Gasteiger partial charge in [-0.25, -0.2) is 4.79 Å². The van der Waals surface area contributed by atoms with E-state index in [1.165, 1.54) is 96.3 Å². The lowest BCUT2D eigenvalue weighted by atomic mass is 10.0. The Bertz CT molecular complexity index is 2310. The van der Waals surface area contributed by atoms with E-state index >= 15 is 0 Å². The van der Waals surface area contributed by atoms with Crippen LogP contribution in [0, 0.1) is 0 Å². The van der Waals surface area contributed by atoms with Crippen LogP contribution < -0.4 is 0 Å². The Kier molecular flexibility index (Phi) is 71.3. The molecule has 0 saturated heterocycles. The summed E-state index contributed by atoms with van der Waals surface area (Å²) in [6.07, 6.45) is 114. The lowest BCUT2D eigenvalue weighted by Crippen LogP contribution is -2.40. The Hall–Kier alpha value is -5.87. The topological polar surface area (TPSA) is 108 Å². The van der Waals surface area contributed by atoms with Gasteiger partial charge >= 0.3 is 17.9 Å². The molecule has 0 rings (SSSR count). The van der Waals surface area contributed by atoms with Gasteiger partial charge in [0, 0.05) is 12.8 Å². The molecule has 0 aliphatic heterocycles. The summed E-state index contributed by atoms with van der Waals surface area (Å²) in [6, 6.07) is 0. The van der Waals surface area contributed by atoms with Crippen molar-refractivity contribution in [2.45, 2.75) is 296 Å². The molecule has 0 aliphatic rings. The van der Waals surface area contributed by atoms with Crippen molar-refractivity contribution in [2.24, 2.45) is 0 Å². The van der Waals surface area contributed by atoms with Crippen molar-refractivity contribution in [3.63, 3.8) is 0 Å². The summed E-state index contributed by atoms with van der Waals surface area (Å²) in [5, 5.41) is 9.77. The Morgan fingerprint density at radius 1 is 0.309 bits per heavy atom. The number of unbranched alkanes of at least 4 members (excludes halogenated alkanes) is 22. The number of ether oxygens (including phenoxy) is 4. The van der Waals surface area contributed by atoms with Gasteiger partial charge in [-0.2, -0.15) is 0 Å². The SMILES string of the molecule is CC/C=C\C/C=C\C/C=C\C/C=C\C/C=C\C/C=C\C/C=C\C/C=C\C/C=C\CCCCCCCCCCCCCC(=O)OC(COC(=O)CCCCCCCCCCCCC/C=C\C/C=C\C/C=C\C/C=C\C/C=C\C/C=C\C/C=C\CC)COC(OCC[N+](C)(C)C)C(=O)O. The maximum Gasteiger partial charge on any atom is 0.361 e. The highest BCUT2D eigenvalue weighted by atomic mass is 16.7. The number of esters is 2. The van der Waals surface area contributed by atoms with Gasteiger partial charge in [0.25, 0.3) is 6.29 Å². The smallest absolute Gasteiger partial charge is 0.361 e. The summed E-state index contributed by atoms with van der Waals surface area (Å²) < 4.78 is 23.0. The maximum atomic E-state index is 13.0. The molecule has 0 bridgehead atoms. The van der Waals surface area contributed by atoms with E-state index < -0.39 is 24.3 Å². The number of carboxylic acid groups (broad SMARTS) is 1. The van der Waals surface area contributed by atoms with Crippen LogP contribution in [0.15, 0.2) is 194 Å². The van der Waals surface area contributed by atoms with Crippen LogP contribution in [-0.2, 0) is 33.3 Å². The van der Waals surface area contributed by atoms with Crippen molar-refractivity contribution >= 4 is 17.9 Å². The molecule has 0 fully saturated rings. The molecule has 2 atom stereocenters. The summed E-state index contributed by atoms with van der Waals surface area (Å²) in [5.41, 5.74) is 0. The van der Waals surface area contributed by atoms with Crippen LogP contribution >= 0.6 is 0 Å². The molecule has 0 aliphatic carbocycles. The van der Waals surface area contributed by atoms with Crippen LogP contribution in [0.5, 0.6) is 0 Å². The highest BCUT2D eigenvalue weighted by Gasteiger charge is 2.25. The quantitative estimate of drug-likeness (QED) is 0.0211. The van der Waals surface area contributed by atoms with E-state index in [9.17, 15) is 19.5 Å². The number of aliphatic carboxylic acids is 1. The molecule has 0 aromatic heterocycles. The first-order valence-electron chi connectivity index (χ1n) is 38.6. The minimum atomic E-state index is -1.52. The van der Waals surface area contributed by atoms with Crippen molar-refractivity contribution < 1.29 is 42.9 Å². The standard InChI is InChI=1S/C88H141NO8/c1-6-8-10-12-14-16-18-20-22-24-26-28-30-32-34-36-38-40-41-42-43-44-45-47-49-51-53-55-57-59-61-63-65-67-69-71-73-75-77-79-86(91)97-84(83-96-88(87(92)93)94-81-80-89(3,4)5)82-95-85(90)78-76-74-72-70-68-66-64-62-60-58-56-54-52-50-48-46-39-37-35-33-31-29-27-25-23-21-19-17-15-13-11-9-7-2/h8-11,14-17,20-23,26-29,32-35,38-40,42-43,45-47,50-53,84,88H,6-7,12-13,18-19,24-25,30-31,36-37,41,44,48-49,54-83H2,1-5H3/p+1/b10-8-,11-9-,16-14-,17-15-,22-20-,23-21-,28-26-,29-27-,34-32-,35-33-,40-38-,43-42-,46-39-,47-45-,52-50-,53-51-. The first-order chi connectivity index (χ1) is 47.6. The minimum Gasteiger partial charge on any atom is -0.477 e. The molecule has 9 heteroatoms. The van der Waals surface area contributed by atoms with Gasteiger partial charge in [0.2, 0.25) is 0 Å². The largest absolute Gasteiger partial charge is 0.477 e. The fraction of sp³-hybridized carbons (Fsp3) is 0.602. The zero-order chi connectivity index (χ0) is 70.4. The van der Waals surface area contributed by atoms with Crippen LogP contribution in [0.3, 0.4) is 0 Å². The number of hydrogen-bond donors (Lipinski definition) is 1. The Morgan fingerprint density at radius 3 is 0.825 bits per heavy atom. The predicted octanol–water partition coefficient (Wildman–Crippen LogP) is 24.9. The summed E-state index contributed by atoms with van der Waals surface area (Å²) in [6.45, 7) is 4.63. The lowest BCUT2D eigenvalue weighted by molar-refractivity contribution is -0.870. The molecule has 0 spiro atoms. The average Bonchev–Trinajstić information content (AvgIpc) is 2.39. The van der Waals surface area contributed by atoms with Gasteiger partial charge in [-0.3, -0.25) is 9.59 Å². The summed E-state index contributed by atoms with van der Waals surface area (Å²) in [7, 11) is 5.97. The minimum absolute atomic E-state index is 0.178. The van der Waals surface area contributed by atoms with Crippen LogP contribution in [0.25, 0.3) is 0 Å². The van der Waals surface area contributed by atoms with E-state index in [2.05, 4.69) is 208 Å². The third-order valence-electron chi connectivity index (χ3n) is 15.8. The van der Waals surface area contributed by atoms with Crippen LogP contribution in [0.2, 0.25) is 0 Å². The number of likely N-dealkylation sites (N-methyl/N-ethyl adjacent to an activating group) is 1. The molecule has 0 aromatic carbocycles. The van der Waals surface area contributed by atoms with Gasteiger partial charge in [0.05, 0.1) is 34.4 Å². The molecule has 0 aromatic rings. The normalized spacial score (nSPS) is 13.8. The third kappa shape index (κ3) is 77.4. The molecule has 0 radical (unpaired) electrons. The van der Waals surface area contributed by atoms with E-state index in [1.807, 2.05) is 21.1 Å².